The van der Waals surface area contributed by atoms with Crippen LogP contribution in [0.25, 0.3) is 0 Å². The molecule has 0 aliphatic carbocycles. The van der Waals surface area contributed by atoms with Crippen molar-refractivity contribution in [3.8, 4) is 11.5 Å². The van der Waals surface area contributed by atoms with Crippen LogP contribution in [0.3, 0.4) is 0 Å². The molecule has 0 aromatic heterocycles. The molecule has 3 rings (SSSR count). The van der Waals surface area contributed by atoms with E-state index in [1.165, 1.54) is 0 Å². The van der Waals surface area contributed by atoms with E-state index in [1.54, 1.807) is 0 Å². The summed E-state index contributed by atoms with van der Waals surface area (Å²) in [5.74, 6) is 1.64. The van der Waals surface area contributed by atoms with E-state index in [-0.39, 0.29) is 6.61 Å². The predicted molar refractivity (Wildman–Crippen MR) is 81.7 cm³/mol. The monoisotopic (exact) mass is 285 g/mol. The Morgan fingerprint density at radius 2 is 1.62 bits per heavy atom. The summed E-state index contributed by atoms with van der Waals surface area (Å²) in [4.78, 5) is 0. The van der Waals surface area contributed by atoms with Crippen LogP contribution in [0.5, 0.6) is 11.5 Å². The van der Waals surface area contributed by atoms with Crippen molar-refractivity contribution in [3.63, 3.8) is 0 Å². The van der Waals surface area contributed by atoms with Gasteiger partial charge < -0.3 is 19.9 Å². The molecule has 0 saturated carbocycles. The number of aliphatic hydroxyl groups excluding tert-OH is 1. The lowest BCUT2D eigenvalue weighted by atomic mass is 10.2. The van der Waals surface area contributed by atoms with E-state index in [4.69, 9.17) is 14.6 Å². The Labute approximate surface area is 124 Å². The predicted octanol–water partition coefficient (Wildman–Crippen LogP) is 2.95. The molecule has 2 aromatic carbocycles. The zero-order valence-electron chi connectivity index (χ0n) is 11.8. The lowest BCUT2D eigenvalue weighted by Crippen LogP contribution is -2.00. The smallest absolute Gasteiger partial charge is 0.161 e. The molecular weight excluding hydrogens is 266 g/mol. The summed E-state index contributed by atoms with van der Waals surface area (Å²) in [5.41, 5.74) is 3.08. The molecule has 0 saturated heterocycles. The molecule has 2 N–H and O–H groups in total. The van der Waals surface area contributed by atoms with E-state index >= 15 is 0 Å². The van der Waals surface area contributed by atoms with E-state index < -0.39 is 0 Å². The van der Waals surface area contributed by atoms with Gasteiger partial charge in [0.25, 0.3) is 0 Å². The summed E-state index contributed by atoms with van der Waals surface area (Å²) < 4.78 is 11.3. The molecular formula is C17H19NO3. The molecule has 0 fully saturated rings. The summed E-state index contributed by atoms with van der Waals surface area (Å²) in [6.07, 6.45) is 0.916. The van der Waals surface area contributed by atoms with Crippen LogP contribution in [0, 0.1) is 0 Å². The molecule has 0 spiro atoms. The van der Waals surface area contributed by atoms with Gasteiger partial charge in [-0.05, 0) is 35.4 Å². The summed E-state index contributed by atoms with van der Waals surface area (Å²) in [7, 11) is 0. The Hall–Kier alpha value is -2.20. The van der Waals surface area contributed by atoms with Gasteiger partial charge in [-0.3, -0.25) is 0 Å². The van der Waals surface area contributed by atoms with Gasteiger partial charge >= 0.3 is 0 Å². The number of nitrogens with one attached hydrogen (secondary N) is 1. The van der Waals surface area contributed by atoms with Crippen LogP contribution in [0.1, 0.15) is 17.5 Å². The second kappa shape index (κ2) is 6.50. The van der Waals surface area contributed by atoms with E-state index in [1.807, 2.05) is 42.5 Å². The van der Waals surface area contributed by atoms with Crippen LogP contribution in [0.4, 0.5) is 5.69 Å². The molecule has 2 aromatic rings. The topological polar surface area (TPSA) is 50.7 Å². The summed E-state index contributed by atoms with van der Waals surface area (Å²) in [5, 5.41) is 12.4. The SMILES string of the molecule is OCc1ccc(NCc2ccc3c(c2)OCCCO3)cc1. The van der Waals surface area contributed by atoms with Crippen LogP contribution < -0.4 is 14.8 Å². The number of benzene rings is 2. The van der Waals surface area contributed by atoms with Crippen LogP contribution >= 0.6 is 0 Å². The van der Waals surface area contributed by atoms with E-state index in [9.17, 15) is 0 Å². The molecule has 0 bridgehead atoms. The molecule has 1 heterocycles. The van der Waals surface area contributed by atoms with Crippen LogP contribution in [0.2, 0.25) is 0 Å². The van der Waals surface area contributed by atoms with Crippen molar-refractivity contribution in [1.29, 1.82) is 0 Å². The Bertz CT molecular complexity index is 595. The molecule has 21 heavy (non-hydrogen) atoms. The van der Waals surface area contributed by atoms with Gasteiger partial charge in [0.05, 0.1) is 19.8 Å². The largest absolute Gasteiger partial charge is 0.490 e. The summed E-state index contributed by atoms with van der Waals surface area (Å²) in [6.45, 7) is 2.20. The van der Waals surface area contributed by atoms with Crippen molar-refractivity contribution in [2.24, 2.45) is 0 Å². The van der Waals surface area contributed by atoms with Gasteiger partial charge in [0.2, 0.25) is 0 Å². The van der Waals surface area contributed by atoms with Crippen molar-refractivity contribution in [3.05, 3.63) is 53.6 Å². The number of fused-ring (bicyclic) bond motifs is 1. The number of aliphatic hydroxyl groups is 1. The Morgan fingerprint density at radius 3 is 2.38 bits per heavy atom. The molecule has 0 radical (unpaired) electrons. The van der Waals surface area contributed by atoms with E-state index in [0.717, 1.165) is 41.3 Å². The molecule has 110 valence electrons. The fourth-order valence-electron chi connectivity index (χ4n) is 2.25. The number of ether oxygens (including phenoxy) is 2. The second-order valence-corrected chi connectivity index (χ2v) is 5.04. The van der Waals surface area contributed by atoms with Gasteiger partial charge in [-0.1, -0.05) is 18.2 Å². The normalized spacial score (nSPS) is 13.6. The van der Waals surface area contributed by atoms with Crippen molar-refractivity contribution in [2.45, 2.75) is 19.6 Å². The standard InChI is InChI=1S/C17H19NO3/c19-12-13-2-5-15(6-3-13)18-11-14-4-7-16-17(10-14)21-9-1-8-20-16/h2-7,10,18-19H,1,8-9,11-12H2. The first-order chi connectivity index (χ1) is 10.3. The lowest BCUT2D eigenvalue weighted by molar-refractivity contribution is 0.282. The molecule has 0 amide bonds. The molecule has 1 aliphatic rings. The van der Waals surface area contributed by atoms with E-state index in [2.05, 4.69) is 5.32 Å². The first kappa shape index (κ1) is 13.8. The van der Waals surface area contributed by atoms with Crippen LogP contribution in [0.15, 0.2) is 42.5 Å². The van der Waals surface area contributed by atoms with E-state index in [0.29, 0.717) is 13.2 Å². The van der Waals surface area contributed by atoms with Gasteiger partial charge in [-0.15, -0.1) is 0 Å². The average Bonchev–Trinajstić information content (AvgIpc) is 2.78. The maximum atomic E-state index is 9.03. The van der Waals surface area contributed by atoms with Crippen molar-refractivity contribution in [1.82, 2.24) is 0 Å². The fourth-order valence-corrected chi connectivity index (χ4v) is 2.25. The first-order valence-electron chi connectivity index (χ1n) is 7.17. The third-order valence-corrected chi connectivity index (χ3v) is 3.45. The zero-order valence-corrected chi connectivity index (χ0v) is 11.8. The quantitative estimate of drug-likeness (QED) is 0.907. The van der Waals surface area contributed by atoms with Crippen molar-refractivity contribution in [2.75, 3.05) is 18.5 Å². The molecule has 4 heteroatoms. The minimum Gasteiger partial charge on any atom is -0.490 e. The Morgan fingerprint density at radius 1 is 0.905 bits per heavy atom. The Balaban J connectivity index is 1.66. The molecule has 0 atom stereocenters. The second-order valence-electron chi connectivity index (χ2n) is 5.04. The van der Waals surface area contributed by atoms with Crippen LogP contribution in [-0.2, 0) is 13.2 Å². The number of hydrogen-bond donors (Lipinski definition) is 2. The van der Waals surface area contributed by atoms with Gasteiger partial charge in [-0.25, -0.2) is 0 Å². The van der Waals surface area contributed by atoms with Crippen molar-refractivity contribution < 1.29 is 14.6 Å². The molecule has 0 unspecified atom stereocenters. The molecule has 4 nitrogen and oxygen atoms in total. The highest BCUT2D eigenvalue weighted by atomic mass is 16.5. The highest BCUT2D eigenvalue weighted by Gasteiger charge is 2.10. The molecule has 1 aliphatic heterocycles. The van der Waals surface area contributed by atoms with Gasteiger partial charge in [0.15, 0.2) is 11.5 Å². The van der Waals surface area contributed by atoms with Crippen LogP contribution in [-0.4, -0.2) is 18.3 Å². The first-order valence-corrected chi connectivity index (χ1v) is 7.17. The fraction of sp³-hybridized carbons (Fsp3) is 0.294. The van der Waals surface area contributed by atoms with Crippen molar-refractivity contribution >= 4 is 5.69 Å². The summed E-state index contributed by atoms with van der Waals surface area (Å²) in [6, 6.07) is 13.8. The summed E-state index contributed by atoms with van der Waals surface area (Å²) >= 11 is 0. The highest BCUT2D eigenvalue weighted by Crippen LogP contribution is 2.30. The maximum absolute atomic E-state index is 9.03. The average molecular weight is 285 g/mol. The number of anilines is 1. The highest BCUT2D eigenvalue weighted by molar-refractivity contribution is 5.47. The maximum Gasteiger partial charge on any atom is 0.161 e. The zero-order chi connectivity index (χ0) is 14.5. The van der Waals surface area contributed by atoms with Gasteiger partial charge in [0.1, 0.15) is 0 Å². The third kappa shape index (κ3) is 3.47. The minimum absolute atomic E-state index is 0.0719. The number of rotatable bonds is 4. The van der Waals surface area contributed by atoms with Gasteiger partial charge in [-0.2, -0.15) is 0 Å². The number of hydrogen-bond acceptors (Lipinski definition) is 4. The Kier molecular flexibility index (Phi) is 4.26. The minimum atomic E-state index is 0.0719. The van der Waals surface area contributed by atoms with Gasteiger partial charge in [0, 0.05) is 18.7 Å². The third-order valence-electron chi connectivity index (χ3n) is 3.45. The lowest BCUT2D eigenvalue weighted by Gasteiger charge is -2.11.